The van der Waals surface area contributed by atoms with Crippen LogP contribution in [0.1, 0.15) is 38.8 Å². The predicted octanol–water partition coefficient (Wildman–Crippen LogP) is 4.58. The first-order valence-electron chi connectivity index (χ1n) is 9.53. The van der Waals surface area contributed by atoms with Gasteiger partial charge in [-0.3, -0.25) is 9.59 Å². The third kappa shape index (κ3) is 5.69. The van der Waals surface area contributed by atoms with E-state index in [9.17, 15) is 9.59 Å². The van der Waals surface area contributed by atoms with Crippen LogP contribution in [-0.2, 0) is 6.61 Å². The highest BCUT2D eigenvalue weighted by atomic mass is 16.5. The summed E-state index contributed by atoms with van der Waals surface area (Å²) in [4.78, 5) is 24.4. The normalized spacial score (nSPS) is 10.3. The van der Waals surface area contributed by atoms with Crippen molar-refractivity contribution in [3.8, 4) is 5.75 Å². The largest absolute Gasteiger partial charge is 0.489 e. The summed E-state index contributed by atoms with van der Waals surface area (Å²) in [5.41, 5.74) is 3.93. The molecular formula is C24H24N2O3. The summed E-state index contributed by atoms with van der Waals surface area (Å²) in [6, 6.07) is 22.0. The van der Waals surface area contributed by atoms with Crippen LogP contribution >= 0.6 is 0 Å². The number of benzene rings is 3. The lowest BCUT2D eigenvalue weighted by molar-refractivity contribution is 0.0955. The fourth-order valence-corrected chi connectivity index (χ4v) is 2.87. The number of nitrogens with one attached hydrogen (secondary N) is 2. The van der Waals surface area contributed by atoms with Crippen molar-refractivity contribution in [3.63, 3.8) is 0 Å². The highest BCUT2D eigenvalue weighted by Crippen LogP contribution is 2.18. The van der Waals surface area contributed by atoms with Crippen LogP contribution in [-0.4, -0.2) is 18.4 Å². The van der Waals surface area contributed by atoms with E-state index in [1.807, 2.05) is 38.1 Å². The van der Waals surface area contributed by atoms with Crippen LogP contribution in [0.3, 0.4) is 0 Å². The van der Waals surface area contributed by atoms with E-state index in [4.69, 9.17) is 4.74 Å². The predicted molar refractivity (Wildman–Crippen MR) is 114 cm³/mol. The molecule has 0 aromatic heterocycles. The lowest BCUT2D eigenvalue weighted by atomic mass is 10.1. The summed E-state index contributed by atoms with van der Waals surface area (Å²) >= 11 is 0. The van der Waals surface area contributed by atoms with Crippen LogP contribution < -0.4 is 15.4 Å². The number of carbonyl (C=O) groups excluding carboxylic acids is 2. The molecule has 0 heterocycles. The van der Waals surface area contributed by atoms with Gasteiger partial charge in [0.2, 0.25) is 0 Å². The fourth-order valence-electron chi connectivity index (χ4n) is 2.87. The van der Waals surface area contributed by atoms with Crippen LogP contribution in [0.15, 0.2) is 72.8 Å². The Bertz CT molecular complexity index is 997. The van der Waals surface area contributed by atoms with Crippen LogP contribution in [0.4, 0.5) is 5.69 Å². The molecule has 2 N–H and O–H groups in total. The zero-order chi connectivity index (χ0) is 20.6. The van der Waals surface area contributed by atoms with E-state index in [1.54, 1.807) is 42.5 Å². The topological polar surface area (TPSA) is 67.4 Å². The molecule has 3 rings (SSSR count). The highest BCUT2D eigenvalue weighted by molar-refractivity contribution is 6.04. The lowest BCUT2D eigenvalue weighted by Crippen LogP contribution is -2.22. The Morgan fingerprint density at radius 1 is 0.862 bits per heavy atom. The van der Waals surface area contributed by atoms with Crippen LogP contribution in [0.2, 0.25) is 0 Å². The van der Waals surface area contributed by atoms with E-state index >= 15 is 0 Å². The third-order valence-electron chi connectivity index (χ3n) is 4.33. The summed E-state index contributed by atoms with van der Waals surface area (Å²) < 4.78 is 5.83. The minimum absolute atomic E-state index is 0.135. The Labute approximate surface area is 170 Å². The first kappa shape index (κ1) is 20.1. The first-order chi connectivity index (χ1) is 14.0. The second-order valence-corrected chi connectivity index (χ2v) is 6.70. The summed E-state index contributed by atoms with van der Waals surface area (Å²) in [5, 5.41) is 5.58. The van der Waals surface area contributed by atoms with Crippen molar-refractivity contribution in [2.45, 2.75) is 20.5 Å². The molecule has 0 radical (unpaired) electrons. The molecule has 0 bridgehead atoms. The molecule has 0 atom stereocenters. The Balaban J connectivity index is 1.62. The number of amides is 2. The average Bonchev–Trinajstić information content (AvgIpc) is 2.73. The second-order valence-electron chi connectivity index (χ2n) is 6.70. The molecule has 2 amide bonds. The van der Waals surface area contributed by atoms with Gasteiger partial charge in [0.1, 0.15) is 12.4 Å². The number of hydrogen-bond acceptors (Lipinski definition) is 3. The van der Waals surface area contributed by atoms with Gasteiger partial charge >= 0.3 is 0 Å². The van der Waals surface area contributed by atoms with E-state index in [-0.39, 0.29) is 11.8 Å². The molecule has 0 aliphatic carbocycles. The quantitative estimate of drug-likeness (QED) is 0.623. The molecule has 0 aliphatic rings. The van der Waals surface area contributed by atoms with E-state index in [0.29, 0.717) is 35.7 Å². The molecule has 0 aliphatic heterocycles. The second kappa shape index (κ2) is 9.55. The molecule has 0 saturated heterocycles. The monoisotopic (exact) mass is 388 g/mol. The number of anilines is 1. The van der Waals surface area contributed by atoms with Crippen molar-refractivity contribution in [3.05, 3.63) is 95.1 Å². The van der Waals surface area contributed by atoms with Gasteiger partial charge in [0.15, 0.2) is 0 Å². The number of aryl methyl sites for hydroxylation is 1. The van der Waals surface area contributed by atoms with Gasteiger partial charge in [-0.25, -0.2) is 0 Å². The minimum atomic E-state index is -0.239. The molecule has 29 heavy (non-hydrogen) atoms. The molecule has 0 saturated carbocycles. The molecule has 0 spiro atoms. The maximum atomic E-state index is 12.6. The van der Waals surface area contributed by atoms with Crippen molar-refractivity contribution < 1.29 is 14.3 Å². The van der Waals surface area contributed by atoms with Gasteiger partial charge in [-0.1, -0.05) is 35.9 Å². The van der Waals surface area contributed by atoms with Crippen molar-refractivity contribution in [1.82, 2.24) is 5.32 Å². The molecule has 0 unspecified atom stereocenters. The number of ether oxygens (including phenoxy) is 1. The summed E-state index contributed by atoms with van der Waals surface area (Å²) in [6.07, 6.45) is 0. The Morgan fingerprint density at radius 3 is 2.34 bits per heavy atom. The van der Waals surface area contributed by atoms with Gasteiger partial charge in [-0.2, -0.15) is 0 Å². The summed E-state index contributed by atoms with van der Waals surface area (Å²) in [7, 11) is 0. The molecule has 5 heteroatoms. The zero-order valence-electron chi connectivity index (χ0n) is 16.6. The van der Waals surface area contributed by atoms with Crippen molar-refractivity contribution in [2.24, 2.45) is 0 Å². The van der Waals surface area contributed by atoms with E-state index in [2.05, 4.69) is 16.7 Å². The molecule has 0 fully saturated rings. The number of hydrogen-bond donors (Lipinski definition) is 2. The van der Waals surface area contributed by atoms with E-state index in [1.165, 1.54) is 5.56 Å². The van der Waals surface area contributed by atoms with Crippen molar-refractivity contribution in [1.29, 1.82) is 0 Å². The third-order valence-corrected chi connectivity index (χ3v) is 4.33. The SMILES string of the molecule is CCNC(=O)c1ccc(NC(=O)c2cccc(OCc3cccc(C)c3)c2)cc1. The Morgan fingerprint density at radius 2 is 1.62 bits per heavy atom. The molecule has 5 nitrogen and oxygen atoms in total. The minimum Gasteiger partial charge on any atom is -0.489 e. The number of carbonyl (C=O) groups is 2. The van der Waals surface area contributed by atoms with Gasteiger partial charge in [0, 0.05) is 23.4 Å². The molecule has 3 aromatic carbocycles. The van der Waals surface area contributed by atoms with Crippen molar-refractivity contribution >= 4 is 17.5 Å². The lowest BCUT2D eigenvalue weighted by Gasteiger charge is -2.10. The number of rotatable bonds is 7. The Kier molecular flexibility index (Phi) is 6.63. The average molecular weight is 388 g/mol. The highest BCUT2D eigenvalue weighted by Gasteiger charge is 2.09. The fraction of sp³-hybridized carbons (Fsp3) is 0.167. The summed E-state index contributed by atoms with van der Waals surface area (Å²) in [5.74, 6) is 0.256. The first-order valence-corrected chi connectivity index (χ1v) is 9.53. The van der Waals surface area contributed by atoms with Gasteiger partial charge in [-0.05, 0) is 61.9 Å². The van der Waals surface area contributed by atoms with E-state index < -0.39 is 0 Å². The van der Waals surface area contributed by atoms with Gasteiger partial charge in [0.25, 0.3) is 11.8 Å². The zero-order valence-corrected chi connectivity index (χ0v) is 16.6. The smallest absolute Gasteiger partial charge is 0.255 e. The van der Waals surface area contributed by atoms with Gasteiger partial charge < -0.3 is 15.4 Å². The van der Waals surface area contributed by atoms with E-state index in [0.717, 1.165) is 5.56 Å². The van der Waals surface area contributed by atoms with Crippen LogP contribution in [0.25, 0.3) is 0 Å². The van der Waals surface area contributed by atoms with Crippen molar-refractivity contribution in [2.75, 3.05) is 11.9 Å². The van der Waals surface area contributed by atoms with Gasteiger partial charge in [-0.15, -0.1) is 0 Å². The van der Waals surface area contributed by atoms with Crippen LogP contribution in [0, 0.1) is 6.92 Å². The maximum Gasteiger partial charge on any atom is 0.255 e. The van der Waals surface area contributed by atoms with Gasteiger partial charge in [0.05, 0.1) is 0 Å². The molecular weight excluding hydrogens is 364 g/mol. The van der Waals surface area contributed by atoms with Crippen LogP contribution in [0.5, 0.6) is 5.75 Å². The molecule has 3 aromatic rings. The summed E-state index contributed by atoms with van der Waals surface area (Å²) in [6.45, 7) is 4.91. The Hall–Kier alpha value is -3.60. The molecule has 148 valence electrons. The maximum absolute atomic E-state index is 12.6. The standard InChI is InChI=1S/C24H24N2O3/c1-3-25-23(27)19-10-12-21(13-11-19)26-24(28)20-8-5-9-22(15-20)29-16-18-7-4-6-17(2)14-18/h4-15H,3,16H2,1-2H3,(H,25,27)(H,26,28).